The predicted molar refractivity (Wildman–Crippen MR) is 225 cm³/mol. The first-order valence-corrected chi connectivity index (χ1v) is 18.2. The van der Waals surface area contributed by atoms with E-state index in [1.165, 1.54) is 15.7 Å². The van der Waals surface area contributed by atoms with Gasteiger partial charge in [0.05, 0.1) is 16.6 Å². The van der Waals surface area contributed by atoms with Crippen LogP contribution in [0.1, 0.15) is 4.11 Å². The number of pyridine rings is 1. The Labute approximate surface area is 340 Å². The molecule has 270 valence electrons. The van der Waals surface area contributed by atoms with Crippen LogP contribution in [0.5, 0.6) is 11.5 Å². The summed E-state index contributed by atoms with van der Waals surface area (Å²) in [6, 6.07) is 58.5. The zero-order valence-electron chi connectivity index (χ0n) is 32.5. The third-order valence-electron chi connectivity index (χ3n) is 10.9. The van der Waals surface area contributed by atoms with Gasteiger partial charge in [0.1, 0.15) is 0 Å². The van der Waals surface area contributed by atoms with Gasteiger partial charge in [0.2, 0.25) is 0 Å². The van der Waals surface area contributed by atoms with Crippen molar-refractivity contribution in [1.29, 1.82) is 0 Å². The van der Waals surface area contributed by atoms with E-state index in [-0.39, 0.29) is 21.1 Å². The summed E-state index contributed by atoms with van der Waals surface area (Å²) in [4.78, 5) is 8.27. The molecule has 1 aliphatic heterocycles. The van der Waals surface area contributed by atoms with Crippen molar-refractivity contribution < 1.29 is 29.9 Å². The molecule has 5 heterocycles. The van der Waals surface area contributed by atoms with Crippen molar-refractivity contribution in [2.24, 2.45) is 0 Å². The van der Waals surface area contributed by atoms with Crippen molar-refractivity contribution in [3.05, 3.63) is 177 Å². The van der Waals surface area contributed by atoms with E-state index in [0.717, 1.165) is 71.6 Å². The van der Waals surface area contributed by atoms with Crippen LogP contribution in [0, 0.1) is 18.8 Å². The Bertz CT molecular complexity index is 3490. The van der Waals surface area contributed by atoms with E-state index in [9.17, 15) is 0 Å². The molecule has 56 heavy (non-hydrogen) atoms. The van der Waals surface area contributed by atoms with Gasteiger partial charge in [-0.3, -0.25) is 0 Å². The minimum absolute atomic E-state index is 0. The van der Waals surface area contributed by atoms with Crippen LogP contribution in [0.2, 0.25) is 0 Å². The second kappa shape index (κ2) is 12.5. The minimum atomic E-state index is -2.37. The summed E-state index contributed by atoms with van der Waals surface area (Å²) in [7, 11) is 0. The van der Waals surface area contributed by atoms with E-state index >= 15 is 0 Å². The van der Waals surface area contributed by atoms with Crippen molar-refractivity contribution in [3.8, 4) is 22.6 Å². The number of anilines is 3. The van der Waals surface area contributed by atoms with Gasteiger partial charge in [-0.15, -0.1) is 47.0 Å². The van der Waals surface area contributed by atoms with Gasteiger partial charge < -0.3 is 23.3 Å². The SMILES string of the molecule is [2H]C([2H])([2H])N1[CH-]N(c2[c-]c(Oc3[c-]c4c(cc3)c3cccc5c6cccc7c8ccccc8n(c8cccnc8n4c35)c76)cc(-c3ccccc3)c2)c2ccccc21.[Pt]. The monoisotopic (exact) mass is 902 g/mol. The van der Waals surface area contributed by atoms with Gasteiger partial charge in [-0.1, -0.05) is 103 Å². The van der Waals surface area contributed by atoms with E-state index in [1.54, 1.807) is 6.67 Å². The molecule has 0 saturated heterocycles. The third kappa shape index (κ3) is 4.69. The van der Waals surface area contributed by atoms with Gasteiger partial charge in [0, 0.05) is 81.3 Å². The Kier molecular flexibility index (Phi) is 6.61. The summed E-state index contributed by atoms with van der Waals surface area (Å²) in [6.07, 6.45) is 1.85. The molecule has 0 amide bonds. The zero-order chi connectivity index (χ0) is 38.7. The molecule has 0 spiro atoms. The molecule has 4 aromatic heterocycles. The van der Waals surface area contributed by atoms with Crippen molar-refractivity contribution >= 4 is 82.6 Å². The average Bonchev–Trinajstić information content (AvgIpc) is 3.92. The summed E-state index contributed by atoms with van der Waals surface area (Å²) < 4.78 is 36.1. The molecule has 7 heteroatoms. The van der Waals surface area contributed by atoms with Crippen LogP contribution in [0.15, 0.2) is 158 Å². The van der Waals surface area contributed by atoms with Crippen LogP contribution in [-0.4, -0.2) is 20.8 Å². The number of hydrogen-bond donors (Lipinski definition) is 0. The molecule has 0 saturated carbocycles. The molecule has 0 bridgehead atoms. The van der Waals surface area contributed by atoms with Crippen molar-refractivity contribution in [2.75, 3.05) is 16.8 Å². The summed E-state index contributed by atoms with van der Waals surface area (Å²) in [6.45, 7) is -0.759. The maximum Gasteiger partial charge on any atom is 0.160 e. The Balaban J connectivity index is 0.00000397. The fraction of sp³-hybridized carbons (Fsp3) is 0.0204. The molecular weight excluding hydrogens is 870 g/mol. The molecule has 11 aromatic rings. The van der Waals surface area contributed by atoms with E-state index in [1.807, 2.05) is 90.0 Å². The first kappa shape index (κ1) is 29.7. The topological polar surface area (TPSA) is 37.4 Å². The molecule has 0 atom stereocenters. The van der Waals surface area contributed by atoms with Gasteiger partial charge >= 0.3 is 0 Å². The van der Waals surface area contributed by atoms with Crippen molar-refractivity contribution in [1.82, 2.24) is 13.8 Å². The number of aromatic nitrogens is 3. The Hall–Kier alpha value is -6.62. The van der Waals surface area contributed by atoms with Crippen LogP contribution < -0.4 is 14.5 Å². The van der Waals surface area contributed by atoms with Crippen LogP contribution in [0.25, 0.3) is 76.7 Å². The van der Waals surface area contributed by atoms with Gasteiger partial charge in [0.15, 0.2) is 5.65 Å². The average molecular weight is 903 g/mol. The molecular formula is C49H30N5OPt-3. The van der Waals surface area contributed by atoms with E-state index < -0.39 is 6.98 Å². The van der Waals surface area contributed by atoms with E-state index in [2.05, 4.69) is 93.7 Å². The first-order chi connectivity index (χ1) is 28.4. The Morgan fingerprint density at radius 2 is 1.25 bits per heavy atom. The van der Waals surface area contributed by atoms with Gasteiger partial charge in [-0.05, 0) is 48.3 Å². The molecule has 6 nitrogen and oxygen atoms in total. The maximum absolute atomic E-state index is 8.25. The fourth-order valence-corrected chi connectivity index (χ4v) is 8.61. The minimum Gasteiger partial charge on any atom is -0.509 e. The Morgan fingerprint density at radius 1 is 0.571 bits per heavy atom. The zero-order valence-corrected chi connectivity index (χ0v) is 31.8. The number of benzene rings is 7. The number of para-hydroxylation sites is 5. The molecule has 0 aliphatic carbocycles. The summed E-state index contributed by atoms with van der Waals surface area (Å²) in [5, 5.41) is 6.76. The van der Waals surface area contributed by atoms with Crippen LogP contribution in [0.3, 0.4) is 0 Å². The van der Waals surface area contributed by atoms with Crippen molar-refractivity contribution in [2.45, 2.75) is 0 Å². The number of rotatable bonds is 4. The number of ether oxygens (including phenoxy) is 1. The molecule has 7 aromatic carbocycles. The van der Waals surface area contributed by atoms with E-state index in [0.29, 0.717) is 22.9 Å². The van der Waals surface area contributed by atoms with Crippen LogP contribution >= 0.6 is 0 Å². The van der Waals surface area contributed by atoms with Gasteiger partial charge in [-0.25, -0.2) is 4.98 Å². The molecule has 12 rings (SSSR count). The second-order valence-corrected chi connectivity index (χ2v) is 14.0. The fourth-order valence-electron chi connectivity index (χ4n) is 8.61. The molecule has 0 unspecified atom stereocenters. The van der Waals surface area contributed by atoms with Crippen molar-refractivity contribution in [3.63, 3.8) is 0 Å². The first-order valence-electron chi connectivity index (χ1n) is 19.7. The van der Waals surface area contributed by atoms with E-state index in [4.69, 9.17) is 13.8 Å². The summed E-state index contributed by atoms with van der Waals surface area (Å²) >= 11 is 0. The maximum atomic E-state index is 8.25. The second-order valence-electron chi connectivity index (χ2n) is 14.0. The van der Waals surface area contributed by atoms with Gasteiger partial charge in [0.25, 0.3) is 0 Å². The third-order valence-corrected chi connectivity index (χ3v) is 10.9. The van der Waals surface area contributed by atoms with Gasteiger partial charge in [-0.2, -0.15) is 12.7 Å². The van der Waals surface area contributed by atoms with Crippen LogP contribution in [-0.2, 0) is 21.1 Å². The Morgan fingerprint density at radius 3 is 2.07 bits per heavy atom. The number of fused-ring (bicyclic) bond motifs is 11. The summed E-state index contributed by atoms with van der Waals surface area (Å²) in [5.41, 5.74) is 9.76. The smallest absolute Gasteiger partial charge is 0.160 e. The molecule has 1 aliphatic rings. The largest absolute Gasteiger partial charge is 0.509 e. The quantitative estimate of drug-likeness (QED) is 0.165. The summed E-state index contributed by atoms with van der Waals surface area (Å²) in [5.74, 6) is 0.965. The predicted octanol–water partition coefficient (Wildman–Crippen LogP) is 12.1. The normalized spacial score (nSPS) is 13.8. The molecule has 0 N–H and O–H groups in total. The number of hydrogen-bond acceptors (Lipinski definition) is 4. The molecule has 0 radical (unpaired) electrons. The van der Waals surface area contributed by atoms with Crippen LogP contribution in [0.4, 0.5) is 17.1 Å². The number of nitrogens with zero attached hydrogens (tertiary/aromatic N) is 5. The molecule has 0 fully saturated rings. The standard InChI is InChI=1S/C49H30N5O.Pt/c1-51-30-52(44-21-8-7-20-43(44)51)33-26-32(31-12-3-2-4-13-31)27-35(28-33)55-34-23-24-37-39-16-10-18-41-40-17-9-15-38-36-14-5-6-19-42(36)53(47(38)40)45-22-11-25-50-49(45)54(48(39)41)46(37)29-34;/h2-27,30H,1H3;/q-3;/i1D3;.